The first-order valence-electron chi connectivity index (χ1n) is 9.46. The van der Waals surface area contributed by atoms with Crippen molar-refractivity contribution in [3.8, 4) is 22.9 Å². The van der Waals surface area contributed by atoms with Crippen LogP contribution in [-0.4, -0.2) is 39.5 Å². The molecular formula is C21H20N4O5S. The van der Waals surface area contributed by atoms with Crippen molar-refractivity contribution in [1.29, 1.82) is 0 Å². The minimum absolute atomic E-state index is 0.108. The van der Waals surface area contributed by atoms with Crippen molar-refractivity contribution in [3.05, 3.63) is 57.9 Å². The van der Waals surface area contributed by atoms with Gasteiger partial charge in [-0.05, 0) is 46.2 Å². The molecule has 0 fully saturated rings. The highest BCUT2D eigenvalue weighted by molar-refractivity contribution is 7.98. The number of aromatic hydroxyl groups is 1. The Labute approximate surface area is 181 Å². The van der Waals surface area contributed by atoms with Crippen LogP contribution in [-0.2, 0) is 12.2 Å². The first kappa shape index (κ1) is 20.7. The molecule has 2 aromatic carbocycles. The fraction of sp³-hybridized carbons (Fsp3) is 0.238. The molecule has 0 spiro atoms. The minimum Gasteiger partial charge on any atom is -0.508 e. The molecular weight excluding hydrogens is 420 g/mol. The number of rotatable bonds is 7. The number of aryl methyl sites for hydroxylation is 1. The lowest BCUT2D eigenvalue weighted by molar-refractivity contribution is 0.399. The zero-order valence-electron chi connectivity index (χ0n) is 17.2. The third-order valence-corrected chi connectivity index (χ3v) is 5.79. The Morgan fingerprint density at radius 3 is 2.71 bits per heavy atom. The van der Waals surface area contributed by atoms with Crippen LogP contribution in [0.25, 0.3) is 16.7 Å². The molecule has 0 aliphatic carbocycles. The predicted molar refractivity (Wildman–Crippen MR) is 115 cm³/mol. The van der Waals surface area contributed by atoms with Gasteiger partial charge in [-0.15, -0.1) is 5.10 Å². The summed E-state index contributed by atoms with van der Waals surface area (Å²) in [5.41, 5.74) is 2.02. The highest BCUT2D eigenvalue weighted by Crippen LogP contribution is 2.33. The van der Waals surface area contributed by atoms with Gasteiger partial charge in [-0.3, -0.25) is 0 Å². The summed E-state index contributed by atoms with van der Waals surface area (Å²) in [5, 5.41) is 23.4. The molecule has 2 aromatic heterocycles. The first-order valence-corrected chi connectivity index (χ1v) is 10.4. The lowest BCUT2D eigenvalue weighted by Gasteiger charge is -2.11. The number of aromatic nitrogens is 4. The van der Waals surface area contributed by atoms with Crippen molar-refractivity contribution in [2.24, 2.45) is 0 Å². The first-order chi connectivity index (χ1) is 15.0. The highest BCUT2D eigenvalue weighted by atomic mass is 32.2. The summed E-state index contributed by atoms with van der Waals surface area (Å²) in [6.45, 7) is 1.95. The molecule has 160 valence electrons. The summed E-state index contributed by atoms with van der Waals surface area (Å²) in [6.07, 6.45) is 0.654. The molecule has 0 bridgehead atoms. The van der Waals surface area contributed by atoms with Crippen molar-refractivity contribution < 1.29 is 19.0 Å². The summed E-state index contributed by atoms with van der Waals surface area (Å²) in [4.78, 5) is 12.0. The predicted octanol–water partition coefficient (Wildman–Crippen LogP) is 3.35. The zero-order chi connectivity index (χ0) is 22.0. The molecule has 0 aliphatic heterocycles. The lowest BCUT2D eigenvalue weighted by atomic mass is 10.1. The molecule has 10 heteroatoms. The van der Waals surface area contributed by atoms with E-state index in [0.717, 1.165) is 16.5 Å². The average Bonchev–Trinajstić information content (AvgIpc) is 3.24. The molecule has 0 unspecified atom stereocenters. The average molecular weight is 440 g/mol. The van der Waals surface area contributed by atoms with E-state index in [0.29, 0.717) is 40.1 Å². The number of benzene rings is 2. The second-order valence-corrected chi connectivity index (χ2v) is 7.56. The third kappa shape index (κ3) is 4.06. The molecule has 9 nitrogen and oxygen atoms in total. The number of nitrogens with zero attached hydrogens (tertiary/aromatic N) is 4. The van der Waals surface area contributed by atoms with Gasteiger partial charge in [0.15, 0.2) is 0 Å². The molecule has 0 saturated heterocycles. The molecule has 0 saturated carbocycles. The molecule has 4 rings (SSSR count). The molecule has 0 atom stereocenters. The fourth-order valence-electron chi connectivity index (χ4n) is 3.23. The maximum atomic E-state index is 12.0. The number of phenols is 1. The molecule has 0 amide bonds. The summed E-state index contributed by atoms with van der Waals surface area (Å²) < 4.78 is 17.6. The summed E-state index contributed by atoms with van der Waals surface area (Å²) in [6, 6.07) is 10.1. The number of phenolic OH excluding ortho intramolecular Hbond substituents is 1. The van der Waals surface area contributed by atoms with E-state index < -0.39 is 5.63 Å². The van der Waals surface area contributed by atoms with E-state index in [9.17, 15) is 9.90 Å². The Hall–Kier alpha value is -3.53. The summed E-state index contributed by atoms with van der Waals surface area (Å²) >= 11 is 1.36. The van der Waals surface area contributed by atoms with Crippen LogP contribution in [0.1, 0.15) is 18.1 Å². The Bertz CT molecular complexity index is 1300. The van der Waals surface area contributed by atoms with Gasteiger partial charge in [0.2, 0.25) is 5.16 Å². The molecule has 31 heavy (non-hydrogen) atoms. The summed E-state index contributed by atoms with van der Waals surface area (Å²) in [7, 11) is 3.15. The number of ether oxygens (including phenoxy) is 2. The van der Waals surface area contributed by atoms with Crippen molar-refractivity contribution in [1.82, 2.24) is 20.2 Å². The van der Waals surface area contributed by atoms with Crippen molar-refractivity contribution >= 4 is 22.7 Å². The van der Waals surface area contributed by atoms with Crippen LogP contribution >= 0.6 is 11.8 Å². The summed E-state index contributed by atoms with van der Waals surface area (Å²) in [5.74, 6) is 1.75. The second kappa shape index (κ2) is 8.68. The Kier molecular flexibility index (Phi) is 5.81. The van der Waals surface area contributed by atoms with Crippen LogP contribution in [0.4, 0.5) is 0 Å². The van der Waals surface area contributed by atoms with E-state index in [1.807, 2.05) is 13.0 Å². The SMILES string of the molecule is CCc1cc2c(CSc3nnnn3-c3cc(OC)ccc3OC)cc(=O)oc2cc1O. The largest absolute Gasteiger partial charge is 0.508 e. The van der Waals surface area contributed by atoms with Gasteiger partial charge >= 0.3 is 5.63 Å². The van der Waals surface area contributed by atoms with E-state index in [1.165, 1.54) is 23.9 Å². The van der Waals surface area contributed by atoms with E-state index >= 15 is 0 Å². The Balaban J connectivity index is 1.70. The third-order valence-electron chi connectivity index (χ3n) is 4.82. The fourth-order valence-corrected chi connectivity index (χ4v) is 4.11. The normalized spacial score (nSPS) is 11.1. The van der Waals surface area contributed by atoms with E-state index in [2.05, 4.69) is 15.5 Å². The van der Waals surface area contributed by atoms with Crippen molar-refractivity contribution in [2.45, 2.75) is 24.3 Å². The number of hydrogen-bond acceptors (Lipinski definition) is 9. The Morgan fingerprint density at radius 1 is 1.13 bits per heavy atom. The van der Waals surface area contributed by atoms with Gasteiger partial charge in [0.25, 0.3) is 0 Å². The maximum Gasteiger partial charge on any atom is 0.336 e. The Morgan fingerprint density at radius 2 is 1.97 bits per heavy atom. The van der Waals surface area contributed by atoms with Gasteiger partial charge in [-0.1, -0.05) is 18.7 Å². The van der Waals surface area contributed by atoms with Gasteiger partial charge in [-0.25, -0.2) is 4.79 Å². The van der Waals surface area contributed by atoms with E-state index in [-0.39, 0.29) is 5.75 Å². The van der Waals surface area contributed by atoms with E-state index in [1.54, 1.807) is 37.1 Å². The standard InChI is InChI=1S/C21H20N4O5S/c1-4-12-7-15-13(8-20(27)30-19(15)10-17(12)26)11-31-21-22-23-24-25(21)16-9-14(28-2)5-6-18(16)29-3/h5-10,26H,4,11H2,1-3H3. The quantitative estimate of drug-likeness (QED) is 0.341. The van der Waals surface area contributed by atoms with Gasteiger partial charge in [0, 0.05) is 29.3 Å². The van der Waals surface area contributed by atoms with Gasteiger partial charge in [0.05, 0.1) is 14.2 Å². The van der Waals surface area contributed by atoms with Gasteiger partial charge in [0.1, 0.15) is 28.5 Å². The van der Waals surface area contributed by atoms with Crippen molar-refractivity contribution in [2.75, 3.05) is 14.2 Å². The topological polar surface area (TPSA) is 112 Å². The zero-order valence-corrected chi connectivity index (χ0v) is 18.0. The maximum absolute atomic E-state index is 12.0. The lowest BCUT2D eigenvalue weighted by Crippen LogP contribution is -2.04. The van der Waals surface area contributed by atoms with E-state index in [4.69, 9.17) is 13.9 Å². The van der Waals surface area contributed by atoms with Crippen LogP contribution < -0.4 is 15.1 Å². The van der Waals surface area contributed by atoms with Crippen LogP contribution in [0.15, 0.2) is 50.8 Å². The molecule has 0 radical (unpaired) electrons. The monoisotopic (exact) mass is 440 g/mol. The molecule has 4 aromatic rings. The molecule has 0 aliphatic rings. The highest BCUT2D eigenvalue weighted by Gasteiger charge is 2.16. The number of fused-ring (bicyclic) bond motifs is 1. The van der Waals surface area contributed by atoms with Crippen LogP contribution in [0.5, 0.6) is 17.2 Å². The van der Waals surface area contributed by atoms with Crippen LogP contribution in [0.2, 0.25) is 0 Å². The smallest absolute Gasteiger partial charge is 0.336 e. The van der Waals surface area contributed by atoms with Crippen LogP contribution in [0.3, 0.4) is 0 Å². The van der Waals surface area contributed by atoms with Crippen molar-refractivity contribution in [3.63, 3.8) is 0 Å². The van der Waals surface area contributed by atoms with Gasteiger partial charge < -0.3 is 19.0 Å². The molecule has 2 heterocycles. The number of thioether (sulfide) groups is 1. The number of hydrogen-bond donors (Lipinski definition) is 1. The number of methoxy groups -OCH3 is 2. The van der Waals surface area contributed by atoms with Crippen LogP contribution in [0, 0.1) is 0 Å². The number of tetrazole rings is 1. The second-order valence-electron chi connectivity index (χ2n) is 6.62. The minimum atomic E-state index is -0.485. The van der Waals surface area contributed by atoms with Gasteiger partial charge in [-0.2, -0.15) is 4.68 Å². The molecule has 1 N–H and O–H groups in total.